The van der Waals surface area contributed by atoms with Gasteiger partial charge in [-0.05, 0) is 30.7 Å². The molecule has 3 amide bonds. The Bertz CT molecular complexity index is 542. The van der Waals surface area contributed by atoms with E-state index in [1.165, 1.54) is 0 Å². The molecule has 0 unspecified atom stereocenters. The topological polar surface area (TPSA) is 96.7 Å². The quantitative estimate of drug-likeness (QED) is 0.740. The molecular weight excluding hydrogens is 284 g/mol. The highest BCUT2D eigenvalue weighted by Crippen LogP contribution is 2.14. The fourth-order valence-electron chi connectivity index (χ4n) is 2.35. The van der Waals surface area contributed by atoms with Crippen molar-refractivity contribution in [3.8, 4) is 0 Å². The lowest BCUT2D eigenvalue weighted by Gasteiger charge is -2.26. The van der Waals surface area contributed by atoms with Crippen molar-refractivity contribution in [1.29, 1.82) is 0 Å². The molecule has 22 heavy (non-hydrogen) atoms. The number of nitrogens with two attached hydrogens (primary N) is 1. The summed E-state index contributed by atoms with van der Waals surface area (Å²) in [7, 11) is 0. The second-order valence-corrected chi connectivity index (χ2v) is 5.23. The predicted octanol–water partition coefficient (Wildman–Crippen LogP) is 0.548. The molecule has 0 aromatic heterocycles. The Balaban J connectivity index is 1.76. The molecule has 1 aliphatic heterocycles. The van der Waals surface area contributed by atoms with Crippen LogP contribution in [0.1, 0.15) is 15.9 Å². The molecule has 2 rings (SSSR count). The van der Waals surface area contributed by atoms with Crippen molar-refractivity contribution in [1.82, 2.24) is 10.2 Å². The van der Waals surface area contributed by atoms with Crippen molar-refractivity contribution in [2.24, 2.45) is 5.73 Å². The summed E-state index contributed by atoms with van der Waals surface area (Å²) in [6.45, 7) is 6.45. The van der Waals surface area contributed by atoms with Crippen molar-refractivity contribution >= 4 is 17.6 Å². The maximum absolute atomic E-state index is 11.8. The number of nitrogens with zero attached hydrogens (tertiary/aromatic N) is 1. The highest BCUT2D eigenvalue weighted by atomic mass is 16.5. The number of carbonyl (C=O) groups is 2. The normalized spacial score (nSPS) is 15.3. The molecule has 0 radical (unpaired) electrons. The van der Waals surface area contributed by atoms with Crippen LogP contribution in [-0.2, 0) is 4.74 Å². The molecule has 7 heteroatoms. The average molecular weight is 306 g/mol. The third-order valence-corrected chi connectivity index (χ3v) is 3.57. The molecule has 0 aliphatic carbocycles. The minimum absolute atomic E-state index is 0.264. The number of hydrogen-bond acceptors (Lipinski definition) is 4. The van der Waals surface area contributed by atoms with Crippen molar-refractivity contribution in [3.05, 3.63) is 29.3 Å². The van der Waals surface area contributed by atoms with Crippen LogP contribution >= 0.6 is 0 Å². The van der Waals surface area contributed by atoms with Crippen molar-refractivity contribution in [2.45, 2.75) is 6.92 Å². The van der Waals surface area contributed by atoms with Crippen LogP contribution in [0, 0.1) is 6.92 Å². The summed E-state index contributed by atoms with van der Waals surface area (Å²) in [6.07, 6.45) is 0. The Labute approximate surface area is 129 Å². The Morgan fingerprint density at radius 3 is 2.68 bits per heavy atom. The van der Waals surface area contributed by atoms with Gasteiger partial charge in [-0.1, -0.05) is 0 Å². The molecular formula is C15H22N4O3. The first kappa shape index (κ1) is 16.3. The van der Waals surface area contributed by atoms with E-state index in [9.17, 15) is 9.59 Å². The van der Waals surface area contributed by atoms with Gasteiger partial charge >= 0.3 is 6.03 Å². The van der Waals surface area contributed by atoms with Gasteiger partial charge in [0.15, 0.2) is 0 Å². The lowest BCUT2D eigenvalue weighted by Crippen LogP contribution is -2.42. The number of benzene rings is 1. The first-order valence-corrected chi connectivity index (χ1v) is 7.31. The number of morpholine rings is 1. The smallest absolute Gasteiger partial charge is 0.319 e. The molecule has 1 aliphatic rings. The van der Waals surface area contributed by atoms with Crippen LogP contribution < -0.4 is 16.4 Å². The van der Waals surface area contributed by atoms with Crippen LogP contribution in [0.3, 0.4) is 0 Å². The number of ether oxygens (including phenoxy) is 1. The first-order chi connectivity index (χ1) is 10.6. The largest absolute Gasteiger partial charge is 0.379 e. The molecule has 1 heterocycles. The van der Waals surface area contributed by atoms with Crippen LogP contribution in [0.15, 0.2) is 18.2 Å². The summed E-state index contributed by atoms with van der Waals surface area (Å²) in [5, 5.41) is 5.55. The fourth-order valence-corrected chi connectivity index (χ4v) is 2.35. The number of aryl methyl sites for hydroxylation is 1. The van der Waals surface area contributed by atoms with E-state index < -0.39 is 5.91 Å². The van der Waals surface area contributed by atoms with E-state index in [2.05, 4.69) is 15.5 Å². The molecule has 1 aromatic carbocycles. The zero-order valence-electron chi connectivity index (χ0n) is 12.7. The zero-order valence-corrected chi connectivity index (χ0v) is 12.7. The van der Waals surface area contributed by atoms with Gasteiger partial charge in [-0.25, -0.2) is 4.79 Å². The Kier molecular flexibility index (Phi) is 5.74. The molecule has 1 fully saturated rings. The number of rotatable bonds is 5. The van der Waals surface area contributed by atoms with Gasteiger partial charge in [0.1, 0.15) is 0 Å². The monoisotopic (exact) mass is 306 g/mol. The average Bonchev–Trinajstić information content (AvgIpc) is 2.48. The minimum atomic E-state index is -0.473. The summed E-state index contributed by atoms with van der Waals surface area (Å²) in [5.41, 5.74) is 7.07. The molecule has 0 bridgehead atoms. The number of hydrogen-bond donors (Lipinski definition) is 3. The van der Waals surface area contributed by atoms with E-state index in [1.54, 1.807) is 25.1 Å². The maximum atomic E-state index is 11.8. The standard InChI is InChI=1S/C15H22N4O3/c1-11-10-12(2-3-13(11)14(16)20)18-15(21)17-4-5-19-6-8-22-9-7-19/h2-3,10H,4-9H2,1H3,(H2,16,20)(H2,17,18,21). The Hall–Kier alpha value is -2.12. The number of urea groups is 1. The Morgan fingerprint density at radius 1 is 1.32 bits per heavy atom. The summed E-state index contributed by atoms with van der Waals surface area (Å²) in [4.78, 5) is 25.2. The lowest BCUT2D eigenvalue weighted by molar-refractivity contribution is 0.0388. The molecule has 120 valence electrons. The number of primary amides is 1. The van der Waals surface area contributed by atoms with Gasteiger partial charge in [0, 0.05) is 37.4 Å². The molecule has 1 saturated heterocycles. The molecule has 0 saturated carbocycles. The maximum Gasteiger partial charge on any atom is 0.319 e. The Morgan fingerprint density at radius 2 is 2.05 bits per heavy atom. The van der Waals surface area contributed by atoms with Crippen LogP contribution in [-0.4, -0.2) is 56.2 Å². The van der Waals surface area contributed by atoms with Crippen molar-refractivity contribution in [3.63, 3.8) is 0 Å². The van der Waals surface area contributed by atoms with Gasteiger partial charge in [0.2, 0.25) is 5.91 Å². The van der Waals surface area contributed by atoms with E-state index in [0.29, 0.717) is 17.8 Å². The van der Waals surface area contributed by atoms with Crippen molar-refractivity contribution in [2.75, 3.05) is 44.7 Å². The number of carbonyl (C=O) groups excluding carboxylic acids is 2. The van der Waals surface area contributed by atoms with Crippen LogP contribution in [0.5, 0.6) is 0 Å². The first-order valence-electron chi connectivity index (χ1n) is 7.31. The highest BCUT2D eigenvalue weighted by Gasteiger charge is 2.10. The van der Waals surface area contributed by atoms with Gasteiger partial charge in [0.25, 0.3) is 0 Å². The molecule has 1 aromatic rings. The number of nitrogens with one attached hydrogen (secondary N) is 2. The SMILES string of the molecule is Cc1cc(NC(=O)NCCN2CCOCC2)ccc1C(N)=O. The molecule has 7 nitrogen and oxygen atoms in total. The molecule has 0 atom stereocenters. The minimum Gasteiger partial charge on any atom is -0.379 e. The van der Waals surface area contributed by atoms with Gasteiger partial charge < -0.3 is 21.1 Å². The zero-order chi connectivity index (χ0) is 15.9. The fraction of sp³-hybridized carbons (Fsp3) is 0.467. The van der Waals surface area contributed by atoms with Gasteiger partial charge in [-0.2, -0.15) is 0 Å². The molecule has 4 N–H and O–H groups in total. The van der Waals surface area contributed by atoms with Gasteiger partial charge in [0.05, 0.1) is 13.2 Å². The third kappa shape index (κ3) is 4.71. The number of anilines is 1. The predicted molar refractivity (Wildman–Crippen MR) is 84.0 cm³/mol. The highest BCUT2D eigenvalue weighted by molar-refractivity contribution is 5.95. The van der Waals surface area contributed by atoms with E-state index in [1.807, 2.05) is 0 Å². The van der Waals surface area contributed by atoms with Gasteiger partial charge in [-0.3, -0.25) is 9.69 Å². The summed E-state index contributed by atoms with van der Waals surface area (Å²) in [6, 6.07) is 4.73. The molecule has 0 spiro atoms. The summed E-state index contributed by atoms with van der Waals surface area (Å²) >= 11 is 0. The van der Waals surface area contributed by atoms with E-state index in [4.69, 9.17) is 10.5 Å². The van der Waals surface area contributed by atoms with Gasteiger partial charge in [-0.15, -0.1) is 0 Å². The van der Waals surface area contributed by atoms with E-state index in [0.717, 1.165) is 38.4 Å². The second-order valence-electron chi connectivity index (χ2n) is 5.23. The van der Waals surface area contributed by atoms with E-state index >= 15 is 0 Å². The van der Waals surface area contributed by atoms with Crippen LogP contribution in [0.25, 0.3) is 0 Å². The lowest BCUT2D eigenvalue weighted by atomic mass is 10.1. The van der Waals surface area contributed by atoms with Crippen LogP contribution in [0.4, 0.5) is 10.5 Å². The second kappa shape index (κ2) is 7.77. The number of amides is 3. The van der Waals surface area contributed by atoms with E-state index in [-0.39, 0.29) is 6.03 Å². The van der Waals surface area contributed by atoms with Crippen LogP contribution in [0.2, 0.25) is 0 Å². The third-order valence-electron chi connectivity index (χ3n) is 3.57. The summed E-state index contributed by atoms with van der Waals surface area (Å²) in [5.74, 6) is -0.473. The summed E-state index contributed by atoms with van der Waals surface area (Å²) < 4.78 is 5.27. The van der Waals surface area contributed by atoms with Crippen molar-refractivity contribution < 1.29 is 14.3 Å².